The van der Waals surface area contributed by atoms with Gasteiger partial charge in [0.1, 0.15) is 15.4 Å². The highest BCUT2D eigenvalue weighted by molar-refractivity contribution is 7.90. The van der Waals surface area contributed by atoms with Crippen LogP contribution in [-0.2, 0) is 9.84 Å². The first-order valence-corrected chi connectivity index (χ1v) is 7.62. The molecule has 1 aromatic rings. The number of aromatic carboxylic acids is 1. The highest BCUT2D eigenvalue weighted by Gasteiger charge is 2.20. The van der Waals surface area contributed by atoms with Crippen molar-refractivity contribution < 1.29 is 23.2 Å². The molecule has 9 heteroatoms. The maximum atomic E-state index is 11.1. The van der Waals surface area contributed by atoms with Crippen LogP contribution in [0.5, 0.6) is 0 Å². The summed E-state index contributed by atoms with van der Waals surface area (Å²) in [4.78, 5) is 20.9. The Morgan fingerprint density at radius 1 is 1.50 bits per heavy atom. The van der Waals surface area contributed by atoms with E-state index in [-0.39, 0.29) is 11.4 Å². The molecule has 110 valence electrons. The minimum atomic E-state index is -3.18. The van der Waals surface area contributed by atoms with E-state index in [9.17, 15) is 23.3 Å². The molecule has 0 bridgehead atoms. The molecular weight excluding hydrogens is 288 g/mol. The van der Waals surface area contributed by atoms with Crippen LogP contribution in [0.2, 0.25) is 0 Å². The van der Waals surface area contributed by atoms with Crippen molar-refractivity contribution in [1.82, 2.24) is 0 Å². The molecule has 1 aromatic carbocycles. The van der Waals surface area contributed by atoms with E-state index in [2.05, 4.69) is 5.32 Å². The molecule has 0 fully saturated rings. The highest BCUT2D eigenvalue weighted by atomic mass is 32.2. The predicted molar refractivity (Wildman–Crippen MR) is 72.9 cm³/mol. The number of nitrogens with zero attached hydrogens (tertiary/aromatic N) is 1. The van der Waals surface area contributed by atoms with Gasteiger partial charge < -0.3 is 10.4 Å². The third kappa shape index (κ3) is 4.50. The lowest BCUT2D eigenvalue weighted by atomic mass is 10.1. The first-order valence-electron chi connectivity index (χ1n) is 5.56. The molecule has 0 aromatic heterocycles. The first kappa shape index (κ1) is 15.9. The zero-order chi connectivity index (χ0) is 15.5. The molecular formula is C11H14N2O6S. The Morgan fingerprint density at radius 2 is 2.10 bits per heavy atom. The summed E-state index contributed by atoms with van der Waals surface area (Å²) >= 11 is 0. The van der Waals surface area contributed by atoms with Gasteiger partial charge in [0.05, 0.1) is 10.7 Å². The summed E-state index contributed by atoms with van der Waals surface area (Å²) < 4.78 is 22.2. The summed E-state index contributed by atoms with van der Waals surface area (Å²) in [6.45, 7) is 1.61. The van der Waals surface area contributed by atoms with E-state index in [0.29, 0.717) is 0 Å². The average Bonchev–Trinajstić information content (AvgIpc) is 2.25. The third-order valence-corrected chi connectivity index (χ3v) is 3.50. The minimum Gasteiger partial charge on any atom is -0.477 e. The van der Waals surface area contributed by atoms with Crippen molar-refractivity contribution in [2.45, 2.75) is 13.0 Å². The molecule has 8 nitrogen and oxygen atoms in total. The second-order valence-electron chi connectivity index (χ2n) is 4.43. The Labute approximate surface area is 115 Å². The summed E-state index contributed by atoms with van der Waals surface area (Å²) in [6, 6.07) is 3.08. The summed E-state index contributed by atoms with van der Waals surface area (Å²) in [6.07, 6.45) is 1.08. The number of nitro groups is 1. The Balaban J connectivity index is 3.01. The van der Waals surface area contributed by atoms with Gasteiger partial charge >= 0.3 is 5.97 Å². The van der Waals surface area contributed by atoms with Crippen LogP contribution in [0.25, 0.3) is 0 Å². The van der Waals surface area contributed by atoms with E-state index < -0.39 is 38.0 Å². The lowest BCUT2D eigenvalue weighted by Crippen LogP contribution is -2.25. The Bertz CT molecular complexity index is 640. The predicted octanol–water partition coefficient (Wildman–Crippen LogP) is 1.14. The van der Waals surface area contributed by atoms with E-state index in [1.807, 2.05) is 0 Å². The van der Waals surface area contributed by atoms with Crippen LogP contribution in [0.3, 0.4) is 0 Å². The Hall–Kier alpha value is -2.16. The summed E-state index contributed by atoms with van der Waals surface area (Å²) in [5.41, 5.74) is -0.678. The summed E-state index contributed by atoms with van der Waals surface area (Å²) in [5.74, 6) is -1.53. The fourth-order valence-electron chi connectivity index (χ4n) is 1.73. The monoisotopic (exact) mass is 302 g/mol. The van der Waals surface area contributed by atoms with Crippen molar-refractivity contribution >= 4 is 27.2 Å². The second kappa shape index (κ2) is 5.87. The maximum Gasteiger partial charge on any atom is 0.342 e. The van der Waals surface area contributed by atoms with Crippen LogP contribution < -0.4 is 5.32 Å². The molecule has 1 rings (SSSR count). The Kier molecular flexibility index (Phi) is 4.66. The Morgan fingerprint density at radius 3 is 2.55 bits per heavy atom. The number of nitrogens with one attached hydrogen (secondary N) is 1. The lowest BCUT2D eigenvalue weighted by Gasteiger charge is -2.14. The van der Waals surface area contributed by atoms with Crippen molar-refractivity contribution in [1.29, 1.82) is 0 Å². The molecule has 0 aliphatic heterocycles. The topological polar surface area (TPSA) is 127 Å². The quantitative estimate of drug-likeness (QED) is 0.595. The lowest BCUT2D eigenvalue weighted by molar-refractivity contribution is -0.385. The van der Waals surface area contributed by atoms with Crippen LogP contribution in [0.15, 0.2) is 18.2 Å². The summed E-state index contributed by atoms with van der Waals surface area (Å²) in [7, 11) is -3.18. The van der Waals surface area contributed by atoms with E-state index >= 15 is 0 Å². The van der Waals surface area contributed by atoms with Gasteiger partial charge in [-0.25, -0.2) is 13.2 Å². The first-order chi connectivity index (χ1) is 9.10. The molecule has 0 saturated carbocycles. The van der Waals surface area contributed by atoms with Gasteiger partial charge in [-0.05, 0) is 19.1 Å². The third-order valence-electron chi connectivity index (χ3n) is 2.39. The number of anilines is 1. The fourth-order valence-corrected chi connectivity index (χ4v) is 2.73. The van der Waals surface area contributed by atoms with Gasteiger partial charge in [-0.15, -0.1) is 0 Å². The molecule has 1 unspecified atom stereocenters. The number of benzene rings is 1. The summed E-state index contributed by atoms with van der Waals surface area (Å²) in [5, 5.41) is 22.4. The van der Waals surface area contributed by atoms with Gasteiger partial charge in [-0.1, -0.05) is 0 Å². The van der Waals surface area contributed by atoms with Gasteiger partial charge in [-0.2, -0.15) is 0 Å². The van der Waals surface area contributed by atoms with Gasteiger partial charge in [0.2, 0.25) is 0 Å². The minimum absolute atomic E-state index is 0.137. The van der Waals surface area contributed by atoms with Crippen molar-refractivity contribution in [2.75, 3.05) is 17.3 Å². The molecule has 0 amide bonds. The number of sulfone groups is 1. The van der Waals surface area contributed by atoms with E-state index in [1.165, 1.54) is 6.07 Å². The van der Waals surface area contributed by atoms with Crippen molar-refractivity contribution in [2.24, 2.45) is 0 Å². The molecule has 0 radical (unpaired) electrons. The van der Waals surface area contributed by atoms with E-state index in [1.54, 1.807) is 6.92 Å². The molecule has 0 aliphatic rings. The van der Waals surface area contributed by atoms with Crippen LogP contribution in [0.1, 0.15) is 17.3 Å². The second-order valence-corrected chi connectivity index (χ2v) is 6.62. The SMILES string of the molecule is CC(CS(C)(=O)=O)Nc1ccc(C(=O)O)c([N+](=O)[O-])c1. The van der Waals surface area contributed by atoms with Crippen molar-refractivity contribution in [3.8, 4) is 0 Å². The largest absolute Gasteiger partial charge is 0.477 e. The molecule has 0 spiro atoms. The molecule has 0 aliphatic carbocycles. The van der Waals surface area contributed by atoms with Crippen molar-refractivity contribution in [3.05, 3.63) is 33.9 Å². The highest BCUT2D eigenvalue weighted by Crippen LogP contribution is 2.23. The van der Waals surface area contributed by atoms with Crippen LogP contribution in [-0.4, -0.2) is 42.5 Å². The van der Waals surface area contributed by atoms with Crippen molar-refractivity contribution in [3.63, 3.8) is 0 Å². The number of nitro benzene ring substituents is 1. The van der Waals surface area contributed by atoms with Gasteiger partial charge in [0, 0.05) is 24.1 Å². The number of hydrogen-bond donors (Lipinski definition) is 2. The zero-order valence-electron chi connectivity index (χ0n) is 10.9. The van der Waals surface area contributed by atoms with E-state index in [0.717, 1.165) is 18.4 Å². The number of carboxylic acids is 1. The van der Waals surface area contributed by atoms with Gasteiger partial charge in [0.25, 0.3) is 5.69 Å². The average molecular weight is 302 g/mol. The zero-order valence-corrected chi connectivity index (χ0v) is 11.7. The van der Waals surface area contributed by atoms with Crippen LogP contribution in [0.4, 0.5) is 11.4 Å². The normalized spacial score (nSPS) is 12.7. The fraction of sp³-hybridized carbons (Fsp3) is 0.364. The van der Waals surface area contributed by atoms with E-state index in [4.69, 9.17) is 5.11 Å². The number of carboxylic acid groups (broad SMARTS) is 1. The number of hydrogen-bond acceptors (Lipinski definition) is 6. The van der Waals surface area contributed by atoms with Gasteiger partial charge in [0.15, 0.2) is 0 Å². The van der Waals surface area contributed by atoms with Gasteiger partial charge in [-0.3, -0.25) is 10.1 Å². The van der Waals surface area contributed by atoms with Crippen LogP contribution in [0, 0.1) is 10.1 Å². The number of carbonyl (C=O) groups is 1. The standard InChI is InChI=1S/C11H14N2O6S/c1-7(6-20(2,18)19)12-8-3-4-9(11(14)15)10(5-8)13(16)17/h3-5,7,12H,6H2,1-2H3,(H,14,15). The smallest absolute Gasteiger partial charge is 0.342 e. The van der Waals surface area contributed by atoms with Crippen LogP contribution >= 0.6 is 0 Å². The molecule has 1 atom stereocenters. The molecule has 2 N–H and O–H groups in total. The molecule has 20 heavy (non-hydrogen) atoms. The maximum absolute atomic E-state index is 11.1. The molecule has 0 saturated heterocycles. The molecule has 0 heterocycles. The number of rotatable bonds is 6.